The van der Waals surface area contributed by atoms with Gasteiger partial charge in [-0.25, -0.2) is 38.9 Å². The molecule has 6 aromatic rings. The van der Waals surface area contributed by atoms with E-state index < -0.39 is 31.4 Å². The highest BCUT2D eigenvalue weighted by Crippen LogP contribution is 2.42. The molecule has 0 radical (unpaired) electrons. The standard InChI is InChI=1S/C18H16F2N8O.C14H13ClN6O.C10H15BF2N2O2.CH4/c19-17(20)27-9-11(7-23-27)13-1-2-14-16(24-13)28(12-3-6-26(14)10-12)18(29)25-15-8-21-4-5-22-15;15-11-2-1-10-13(18-11)21(9-3-6-20(10)8-9)14(22)19-12-7-16-4-5-17-12;1-9(2)10(3,4)17-11(16-9)7-5-14-15(6-7)8(12)13;/h1-2,4-5,7-9,12,17H,3,6,10H2,(H,22,25,29);1-2,4-5,7,9H,3,6,8H2,(H,17,19,22);5-6,8H,1-4H3;1H4/t12-;9-;;/m00../s1. The van der Waals surface area contributed by atoms with Gasteiger partial charge in [-0.15, -0.1) is 0 Å². The first kappa shape index (κ1) is 48.5. The maximum atomic E-state index is 13.0. The first-order chi connectivity index (χ1) is 32.5. The largest absolute Gasteiger partial charge is 0.498 e. The number of anilines is 6. The Morgan fingerprint density at radius 3 is 1.71 bits per heavy atom. The SMILES string of the molecule is C.CC1(C)OB(c2cnn(C(F)F)c2)OC1(C)C.O=C(Nc1cnccn1)N1c2nc(-c3cnn(C(F)F)c3)ccc2N2CC[C@H]1C2.O=C(Nc1cnccn1)N1c2nc(Cl)ccc2N2CC[C@H]1C2. The van der Waals surface area contributed by atoms with E-state index in [4.69, 9.17) is 20.9 Å². The van der Waals surface area contributed by atoms with Crippen molar-refractivity contribution in [3.8, 4) is 11.3 Å². The van der Waals surface area contributed by atoms with Gasteiger partial charge in [-0.1, -0.05) is 19.0 Å². The predicted octanol–water partition coefficient (Wildman–Crippen LogP) is 7.13. The number of alkyl halides is 4. The molecule has 3 fully saturated rings. The second kappa shape index (κ2) is 19.6. The molecule has 0 unspecified atom stereocenters. The van der Waals surface area contributed by atoms with Gasteiger partial charge in [0, 0.05) is 80.6 Å². The molecule has 2 atom stereocenters. The summed E-state index contributed by atoms with van der Waals surface area (Å²) < 4.78 is 63.1. The molecule has 4 amide bonds. The summed E-state index contributed by atoms with van der Waals surface area (Å²) in [5, 5.41) is 13.1. The van der Waals surface area contributed by atoms with Crippen LogP contribution < -0.4 is 35.7 Å². The Hall–Kier alpha value is -6.99. The number of halogens is 5. The average Bonchev–Trinajstić information content (AvgIpc) is 4.17. The number of pyridine rings is 2. The number of nitrogens with zero attached hydrogens (tertiary/aromatic N) is 14. The number of rotatable bonds is 6. The fourth-order valence-electron chi connectivity index (χ4n) is 8.28. The summed E-state index contributed by atoms with van der Waals surface area (Å²) in [7, 11) is -0.646. The third kappa shape index (κ3) is 9.97. The number of fused-ring (bicyclic) bond motifs is 8. The van der Waals surface area contributed by atoms with Crippen LogP contribution in [0.5, 0.6) is 0 Å². The van der Waals surface area contributed by atoms with Crippen molar-refractivity contribution >= 4 is 70.9 Å². The Kier molecular flexibility index (Phi) is 13.7. The molecule has 6 aromatic heterocycles. The summed E-state index contributed by atoms with van der Waals surface area (Å²) in [4.78, 5) is 58.4. The first-order valence-electron chi connectivity index (χ1n) is 21.5. The summed E-state index contributed by atoms with van der Waals surface area (Å²) in [6, 6.07) is 6.71. The van der Waals surface area contributed by atoms with Gasteiger partial charge >= 0.3 is 32.3 Å². The summed E-state index contributed by atoms with van der Waals surface area (Å²) in [6.07, 6.45) is 16.0. The van der Waals surface area contributed by atoms with E-state index in [1.165, 1.54) is 55.8 Å². The normalized spacial score (nSPS) is 19.0. The van der Waals surface area contributed by atoms with Crippen LogP contribution >= 0.6 is 11.6 Å². The van der Waals surface area contributed by atoms with Crippen molar-refractivity contribution in [1.29, 1.82) is 0 Å². The lowest BCUT2D eigenvalue weighted by Gasteiger charge is -2.35. The zero-order valence-corrected chi connectivity index (χ0v) is 37.8. The van der Waals surface area contributed by atoms with Gasteiger partial charge in [0.2, 0.25) is 0 Å². The van der Waals surface area contributed by atoms with Crippen LogP contribution in [0.15, 0.2) is 86.2 Å². The van der Waals surface area contributed by atoms with Crippen LogP contribution in [-0.2, 0) is 9.31 Å². The van der Waals surface area contributed by atoms with E-state index in [0.717, 1.165) is 43.9 Å². The molecule has 26 heteroatoms. The van der Waals surface area contributed by atoms with Crippen LogP contribution in [0, 0.1) is 0 Å². The quantitative estimate of drug-likeness (QED) is 0.0969. The number of hydrogen-bond donors (Lipinski definition) is 2. The number of carbonyl (C=O) groups excluding carboxylic acids is 2. The van der Waals surface area contributed by atoms with Crippen LogP contribution in [0.1, 0.15) is 61.1 Å². The third-order valence-electron chi connectivity index (χ3n) is 12.3. The highest BCUT2D eigenvalue weighted by Gasteiger charge is 2.52. The number of aromatic nitrogens is 10. The van der Waals surface area contributed by atoms with E-state index in [1.807, 2.05) is 39.8 Å². The minimum atomic E-state index is -2.72. The minimum absolute atomic E-state index is 0. The van der Waals surface area contributed by atoms with Crippen LogP contribution in [0.4, 0.5) is 61.8 Å². The molecule has 69 heavy (non-hydrogen) atoms. The third-order valence-corrected chi connectivity index (χ3v) is 12.6. The van der Waals surface area contributed by atoms with Gasteiger partial charge < -0.3 is 19.1 Å². The second-order valence-corrected chi connectivity index (χ2v) is 17.6. The zero-order chi connectivity index (χ0) is 47.9. The maximum absolute atomic E-state index is 13.0. The van der Waals surface area contributed by atoms with Crippen LogP contribution in [0.2, 0.25) is 5.15 Å². The van der Waals surface area contributed by atoms with E-state index in [9.17, 15) is 27.2 Å². The fourth-order valence-corrected chi connectivity index (χ4v) is 8.43. The Bertz CT molecular complexity index is 2760. The number of urea groups is 2. The van der Waals surface area contributed by atoms with E-state index in [-0.39, 0.29) is 31.6 Å². The summed E-state index contributed by atoms with van der Waals surface area (Å²) >= 11 is 6.01. The van der Waals surface area contributed by atoms with Gasteiger partial charge in [0.1, 0.15) is 5.15 Å². The molecule has 20 nitrogen and oxygen atoms in total. The van der Waals surface area contributed by atoms with Crippen molar-refractivity contribution in [2.45, 2.75) is 84.3 Å². The molecule has 5 aliphatic heterocycles. The number of hydrogen-bond acceptors (Lipinski definition) is 14. The lowest BCUT2D eigenvalue weighted by molar-refractivity contribution is 0.00578. The predicted molar refractivity (Wildman–Crippen MR) is 250 cm³/mol. The molecule has 0 aromatic carbocycles. The van der Waals surface area contributed by atoms with Crippen molar-refractivity contribution in [2.75, 3.05) is 56.4 Å². The molecule has 0 aliphatic carbocycles. The van der Waals surface area contributed by atoms with E-state index >= 15 is 0 Å². The molecule has 11 rings (SSSR count). The summed E-state index contributed by atoms with van der Waals surface area (Å²) in [5.41, 5.74) is 2.23. The zero-order valence-electron chi connectivity index (χ0n) is 37.0. The molecule has 4 bridgehead atoms. The maximum Gasteiger partial charge on any atom is 0.498 e. The van der Waals surface area contributed by atoms with Crippen LogP contribution in [0.3, 0.4) is 0 Å². The van der Waals surface area contributed by atoms with Crippen molar-refractivity contribution in [3.63, 3.8) is 0 Å². The topological polar surface area (TPSA) is 203 Å². The first-order valence-corrected chi connectivity index (χ1v) is 21.8. The molecular formula is C43H48BClF4N16O4. The summed E-state index contributed by atoms with van der Waals surface area (Å²) in [6.45, 7) is 5.51. The second-order valence-electron chi connectivity index (χ2n) is 17.2. The fraction of sp³-hybridized carbons (Fsp3) is 0.395. The Balaban J connectivity index is 0.000000144. The number of carbonyl (C=O) groups is 2. The van der Waals surface area contributed by atoms with Crippen LogP contribution in [0.25, 0.3) is 11.3 Å². The van der Waals surface area contributed by atoms with E-state index in [0.29, 0.717) is 61.1 Å². The van der Waals surface area contributed by atoms with Gasteiger partial charge in [0.25, 0.3) is 0 Å². The molecule has 5 aliphatic rings. The lowest BCUT2D eigenvalue weighted by Crippen LogP contribution is -2.48. The molecular weight excluding hydrogens is 927 g/mol. The van der Waals surface area contributed by atoms with E-state index in [1.54, 1.807) is 28.1 Å². The molecule has 3 saturated heterocycles. The Labute approximate surface area is 399 Å². The summed E-state index contributed by atoms with van der Waals surface area (Å²) in [5.74, 6) is 1.84. The Morgan fingerprint density at radius 2 is 1.22 bits per heavy atom. The van der Waals surface area contributed by atoms with Gasteiger partial charge in [0.15, 0.2) is 23.3 Å². The highest BCUT2D eigenvalue weighted by molar-refractivity contribution is 6.62. The average molecular weight is 975 g/mol. The highest BCUT2D eigenvalue weighted by atomic mass is 35.5. The number of nitrogens with one attached hydrogen (secondary N) is 2. The molecule has 0 saturated carbocycles. The van der Waals surface area contributed by atoms with Gasteiger partial charge in [-0.05, 0) is 64.8 Å². The smallest absolute Gasteiger partial charge is 0.399 e. The number of amides is 4. The molecule has 2 N–H and O–H groups in total. The lowest BCUT2D eigenvalue weighted by atomic mass is 9.82. The van der Waals surface area contributed by atoms with Gasteiger partial charge in [0.05, 0.1) is 58.9 Å². The molecule has 362 valence electrons. The minimum Gasteiger partial charge on any atom is -0.399 e. The van der Waals surface area contributed by atoms with Crippen LogP contribution in [-0.4, -0.2) is 118 Å². The Morgan fingerprint density at radius 1 is 0.710 bits per heavy atom. The van der Waals surface area contributed by atoms with Crippen molar-refractivity contribution in [2.24, 2.45) is 0 Å². The monoisotopic (exact) mass is 974 g/mol. The van der Waals surface area contributed by atoms with Gasteiger partial charge in [-0.2, -0.15) is 27.8 Å². The van der Waals surface area contributed by atoms with Gasteiger partial charge in [-0.3, -0.25) is 30.4 Å². The molecule has 0 spiro atoms. The molecule has 11 heterocycles. The van der Waals surface area contributed by atoms with Crippen molar-refractivity contribution < 1.29 is 36.5 Å². The van der Waals surface area contributed by atoms with Crippen molar-refractivity contribution in [1.82, 2.24) is 49.5 Å². The van der Waals surface area contributed by atoms with Crippen molar-refractivity contribution in [3.05, 3.63) is 91.4 Å². The van der Waals surface area contributed by atoms with E-state index in [2.05, 4.69) is 60.5 Å².